The molecule has 2 fully saturated rings. The summed E-state index contributed by atoms with van der Waals surface area (Å²) in [7, 11) is 0. The van der Waals surface area contributed by atoms with Gasteiger partial charge in [0.15, 0.2) is 0 Å². The predicted octanol–water partition coefficient (Wildman–Crippen LogP) is 4.60. The summed E-state index contributed by atoms with van der Waals surface area (Å²) in [5, 5.41) is 7.12. The molecule has 180 valence electrons. The van der Waals surface area contributed by atoms with Crippen molar-refractivity contribution in [1.82, 2.24) is 9.80 Å². The summed E-state index contributed by atoms with van der Waals surface area (Å²) in [5.74, 6) is -2.79. The number of nitrogens with zero attached hydrogens (tertiary/aromatic N) is 2. The molecule has 33 heavy (non-hydrogen) atoms. The summed E-state index contributed by atoms with van der Waals surface area (Å²) < 4.78 is 50.5. The number of carboxylic acids is 1. The molecule has 1 spiro atoms. The molecule has 1 atom stereocenters. The summed E-state index contributed by atoms with van der Waals surface area (Å²) in [4.78, 5) is 26.0. The monoisotopic (exact) mass is 470 g/mol. The number of aliphatic carboxylic acids is 1. The van der Waals surface area contributed by atoms with Gasteiger partial charge in [0.05, 0.1) is 12.5 Å². The Hall–Kier alpha value is -2.88. The maximum atomic E-state index is 13.6. The van der Waals surface area contributed by atoms with Gasteiger partial charge in [-0.15, -0.1) is 0 Å². The highest BCUT2D eigenvalue weighted by molar-refractivity contribution is 5.79. The highest BCUT2D eigenvalue weighted by Crippen LogP contribution is 2.40. The Bertz CT molecular complexity index is 948. The van der Waals surface area contributed by atoms with Gasteiger partial charge in [-0.05, 0) is 56.0 Å². The lowest BCUT2D eigenvalue weighted by molar-refractivity contribution is -0.192. The second-order valence-corrected chi connectivity index (χ2v) is 8.40. The topological polar surface area (TPSA) is 74.0 Å². The molecule has 6 nitrogen and oxygen atoms in total. The van der Waals surface area contributed by atoms with Gasteiger partial charge in [-0.25, -0.2) is 9.18 Å². The van der Waals surface area contributed by atoms with Crippen LogP contribution >= 0.6 is 0 Å². The first kappa shape index (κ1) is 24.8. The van der Waals surface area contributed by atoms with E-state index in [0.29, 0.717) is 13.0 Å². The molecule has 2 aromatic rings. The minimum Gasteiger partial charge on any atom is -0.475 e. The number of carbonyl (C=O) groups excluding carboxylic acids is 1. The van der Waals surface area contributed by atoms with Crippen LogP contribution in [-0.4, -0.2) is 51.6 Å². The van der Waals surface area contributed by atoms with Crippen molar-refractivity contribution in [3.8, 4) is 0 Å². The lowest BCUT2D eigenvalue weighted by Gasteiger charge is -2.38. The molecule has 2 aliphatic heterocycles. The van der Waals surface area contributed by atoms with Crippen molar-refractivity contribution in [3.63, 3.8) is 0 Å². The summed E-state index contributed by atoms with van der Waals surface area (Å²) in [6.07, 6.45) is 3.03. The van der Waals surface area contributed by atoms with Gasteiger partial charge in [-0.2, -0.15) is 13.2 Å². The van der Waals surface area contributed by atoms with Gasteiger partial charge in [0.2, 0.25) is 5.91 Å². The molecule has 2 saturated heterocycles. The number of carbonyl (C=O) groups is 2. The van der Waals surface area contributed by atoms with Crippen LogP contribution in [0.4, 0.5) is 17.6 Å². The number of furan rings is 1. The number of amides is 1. The van der Waals surface area contributed by atoms with Gasteiger partial charge in [-0.3, -0.25) is 9.69 Å². The Morgan fingerprint density at radius 1 is 1.09 bits per heavy atom. The van der Waals surface area contributed by atoms with Crippen LogP contribution in [0, 0.1) is 5.82 Å². The summed E-state index contributed by atoms with van der Waals surface area (Å²) in [6.45, 7) is 3.41. The number of hydrogen-bond donors (Lipinski definition) is 1. The average Bonchev–Trinajstić information content (AvgIpc) is 3.29. The zero-order valence-corrected chi connectivity index (χ0v) is 18.0. The van der Waals surface area contributed by atoms with E-state index in [1.54, 1.807) is 24.7 Å². The SMILES string of the molecule is O=C(O)C(F)(F)F.O=C1CCC2(CCCN(Cc3ccoc3)CC2)N1Cc1cccc(F)c1. The van der Waals surface area contributed by atoms with E-state index in [1.165, 1.54) is 11.6 Å². The molecule has 1 N–H and O–H groups in total. The van der Waals surface area contributed by atoms with E-state index < -0.39 is 12.1 Å². The maximum Gasteiger partial charge on any atom is 0.490 e. The van der Waals surface area contributed by atoms with Crippen molar-refractivity contribution in [2.45, 2.75) is 56.9 Å². The standard InChI is InChI=1S/C21H25FN2O2.C2HF3O2/c22-19-4-1-3-17(13-19)15-24-20(25)5-8-21(24)7-2-10-23(11-9-21)14-18-6-12-26-16-18;3-2(4,5)1(6)7/h1,3-4,6,12-13,16H,2,5,7-11,14-15H2;(H,6,7). The van der Waals surface area contributed by atoms with Crippen molar-refractivity contribution >= 4 is 11.9 Å². The molecule has 0 saturated carbocycles. The van der Waals surface area contributed by atoms with Gasteiger partial charge < -0.3 is 14.4 Å². The summed E-state index contributed by atoms with van der Waals surface area (Å²) in [5.41, 5.74) is 1.99. The minimum absolute atomic E-state index is 0.0749. The van der Waals surface area contributed by atoms with Gasteiger partial charge in [-0.1, -0.05) is 12.1 Å². The predicted molar refractivity (Wildman–Crippen MR) is 110 cm³/mol. The van der Waals surface area contributed by atoms with Crippen molar-refractivity contribution in [3.05, 3.63) is 59.8 Å². The quantitative estimate of drug-likeness (QED) is 0.662. The third-order valence-corrected chi connectivity index (χ3v) is 6.15. The van der Waals surface area contributed by atoms with Crippen molar-refractivity contribution in [2.24, 2.45) is 0 Å². The molecule has 10 heteroatoms. The van der Waals surface area contributed by atoms with E-state index in [9.17, 15) is 22.4 Å². The Morgan fingerprint density at radius 2 is 1.85 bits per heavy atom. The Kier molecular flexibility index (Phi) is 7.78. The van der Waals surface area contributed by atoms with Crippen molar-refractivity contribution < 1.29 is 36.7 Å². The number of carboxylic acid groups (broad SMARTS) is 1. The number of benzene rings is 1. The Labute approximate surface area is 188 Å². The van der Waals surface area contributed by atoms with E-state index in [-0.39, 0.29) is 17.3 Å². The second kappa shape index (κ2) is 10.4. The molecule has 1 aromatic heterocycles. The molecular formula is C23H26F4N2O4. The largest absolute Gasteiger partial charge is 0.490 e. The van der Waals surface area contributed by atoms with Crippen LogP contribution in [0.15, 0.2) is 47.3 Å². The Morgan fingerprint density at radius 3 is 2.48 bits per heavy atom. The average molecular weight is 470 g/mol. The van der Waals surface area contributed by atoms with E-state index in [0.717, 1.165) is 50.9 Å². The number of likely N-dealkylation sites (tertiary alicyclic amines) is 2. The van der Waals surface area contributed by atoms with Gasteiger partial charge in [0.25, 0.3) is 0 Å². The third kappa shape index (κ3) is 6.56. The molecule has 1 unspecified atom stereocenters. The van der Waals surface area contributed by atoms with Crippen LogP contribution in [-0.2, 0) is 22.7 Å². The van der Waals surface area contributed by atoms with Crippen LogP contribution in [0.25, 0.3) is 0 Å². The summed E-state index contributed by atoms with van der Waals surface area (Å²) in [6, 6.07) is 8.63. The minimum atomic E-state index is -5.08. The molecule has 0 aliphatic carbocycles. The first-order valence-corrected chi connectivity index (χ1v) is 10.7. The second-order valence-electron chi connectivity index (χ2n) is 8.40. The van der Waals surface area contributed by atoms with Crippen LogP contribution < -0.4 is 0 Å². The van der Waals surface area contributed by atoms with E-state index in [2.05, 4.69) is 4.90 Å². The normalized spacial score (nSPS) is 21.6. The maximum absolute atomic E-state index is 13.6. The molecular weight excluding hydrogens is 444 g/mol. The zero-order valence-electron chi connectivity index (χ0n) is 18.0. The Balaban J connectivity index is 0.000000383. The highest BCUT2D eigenvalue weighted by atomic mass is 19.4. The van der Waals surface area contributed by atoms with Crippen molar-refractivity contribution in [1.29, 1.82) is 0 Å². The van der Waals surface area contributed by atoms with Crippen LogP contribution in [0.1, 0.15) is 43.2 Å². The van der Waals surface area contributed by atoms with Gasteiger partial charge in [0, 0.05) is 37.2 Å². The third-order valence-electron chi connectivity index (χ3n) is 6.15. The fourth-order valence-corrected chi connectivity index (χ4v) is 4.50. The smallest absolute Gasteiger partial charge is 0.475 e. The van der Waals surface area contributed by atoms with Crippen LogP contribution in [0.3, 0.4) is 0 Å². The number of rotatable bonds is 4. The molecule has 1 aromatic carbocycles. The van der Waals surface area contributed by atoms with Crippen molar-refractivity contribution in [2.75, 3.05) is 13.1 Å². The van der Waals surface area contributed by atoms with E-state index >= 15 is 0 Å². The molecule has 3 heterocycles. The first-order valence-electron chi connectivity index (χ1n) is 10.7. The number of halogens is 4. The lowest BCUT2D eigenvalue weighted by Crippen LogP contribution is -2.45. The number of hydrogen-bond acceptors (Lipinski definition) is 4. The van der Waals surface area contributed by atoms with Gasteiger partial charge in [0.1, 0.15) is 5.82 Å². The molecule has 2 aliphatic rings. The first-order chi connectivity index (χ1) is 15.6. The molecule has 0 radical (unpaired) electrons. The van der Waals surface area contributed by atoms with E-state index in [4.69, 9.17) is 14.3 Å². The molecule has 0 bridgehead atoms. The van der Waals surface area contributed by atoms with E-state index in [1.807, 2.05) is 17.0 Å². The molecule has 1 amide bonds. The van der Waals surface area contributed by atoms with Gasteiger partial charge >= 0.3 is 12.1 Å². The van der Waals surface area contributed by atoms with Crippen LogP contribution in [0.5, 0.6) is 0 Å². The lowest BCUT2D eigenvalue weighted by atomic mass is 9.87. The molecule has 4 rings (SSSR count). The highest BCUT2D eigenvalue weighted by Gasteiger charge is 2.45. The number of alkyl halides is 3. The fraction of sp³-hybridized carbons (Fsp3) is 0.478. The summed E-state index contributed by atoms with van der Waals surface area (Å²) >= 11 is 0. The zero-order chi connectivity index (χ0) is 24.1. The van der Waals surface area contributed by atoms with Crippen LogP contribution in [0.2, 0.25) is 0 Å². The fourth-order valence-electron chi connectivity index (χ4n) is 4.50.